The Morgan fingerprint density at radius 1 is 0.722 bits per heavy atom. The largest absolute Gasteiger partial charge is 0.288 e. The minimum absolute atomic E-state index is 0.188. The van der Waals surface area contributed by atoms with Crippen molar-refractivity contribution in [1.82, 2.24) is 4.98 Å². The number of ketones is 2. The molecule has 174 valence electrons. The number of carbonyl (C=O) groups excluding carboxylic acids is 2. The zero-order valence-corrected chi connectivity index (χ0v) is 20.7. The quantitative estimate of drug-likeness (QED) is 0.192. The van der Waals surface area contributed by atoms with Gasteiger partial charge in [-0.05, 0) is 67.1 Å². The lowest BCUT2D eigenvalue weighted by Gasteiger charge is -2.22. The third-order valence-electron chi connectivity index (χ3n) is 6.44. The minimum atomic E-state index is -0.232. The molecule has 1 aliphatic rings. The standard InChI is InChI=1S/C31H22N2O2S/c1-19-7-11-23(12-8-19)33(24-13-9-20(2)10-14-24)31-32-18-25(36-31)17-28-29(34)26-15-21-5-3-4-6-22(21)16-27(26)30(28)35/h3-18H,1-2H3. The Morgan fingerprint density at radius 3 is 1.72 bits per heavy atom. The van der Waals surface area contributed by atoms with E-state index in [1.54, 1.807) is 12.3 Å². The second kappa shape index (κ2) is 8.70. The number of carbonyl (C=O) groups is 2. The number of thiazole rings is 1. The van der Waals surface area contributed by atoms with Gasteiger partial charge in [0.05, 0.1) is 5.57 Å². The maximum Gasteiger partial charge on any atom is 0.197 e. The van der Waals surface area contributed by atoms with Crippen LogP contribution in [0.4, 0.5) is 16.5 Å². The van der Waals surface area contributed by atoms with Crippen LogP contribution >= 0.6 is 11.3 Å². The minimum Gasteiger partial charge on any atom is -0.288 e. The van der Waals surface area contributed by atoms with E-state index < -0.39 is 0 Å². The average Bonchev–Trinajstić information content (AvgIpc) is 3.44. The third kappa shape index (κ3) is 3.84. The summed E-state index contributed by atoms with van der Waals surface area (Å²) in [5.74, 6) is -0.464. The Morgan fingerprint density at radius 2 is 1.22 bits per heavy atom. The molecule has 5 aromatic rings. The van der Waals surface area contributed by atoms with Crippen LogP contribution in [0.25, 0.3) is 16.8 Å². The number of nitrogens with zero attached hydrogens (tertiary/aromatic N) is 2. The lowest BCUT2D eigenvalue weighted by Crippen LogP contribution is -2.09. The van der Waals surface area contributed by atoms with Crippen LogP contribution in [-0.2, 0) is 0 Å². The molecule has 4 aromatic carbocycles. The molecule has 1 aliphatic carbocycles. The van der Waals surface area contributed by atoms with Gasteiger partial charge in [-0.15, -0.1) is 0 Å². The first kappa shape index (κ1) is 22.1. The molecule has 0 saturated carbocycles. The Bertz CT molecular complexity index is 1580. The summed E-state index contributed by atoms with van der Waals surface area (Å²) < 4.78 is 0. The van der Waals surface area contributed by atoms with E-state index in [9.17, 15) is 9.59 Å². The Kier molecular flexibility index (Phi) is 5.35. The molecule has 1 aromatic heterocycles. The maximum absolute atomic E-state index is 13.2. The number of Topliss-reactive ketones (excluding diaryl/α,β-unsaturated/α-hetero) is 2. The van der Waals surface area contributed by atoms with E-state index in [-0.39, 0.29) is 17.1 Å². The zero-order valence-electron chi connectivity index (χ0n) is 19.9. The Hall–Kier alpha value is -4.35. The van der Waals surface area contributed by atoms with Crippen LogP contribution in [0.1, 0.15) is 36.7 Å². The monoisotopic (exact) mass is 486 g/mol. The van der Waals surface area contributed by atoms with E-state index in [2.05, 4.69) is 72.3 Å². The number of allylic oxidation sites excluding steroid dienone is 1. The van der Waals surface area contributed by atoms with Gasteiger partial charge in [0.25, 0.3) is 0 Å². The zero-order chi connectivity index (χ0) is 24.8. The molecular weight excluding hydrogens is 464 g/mol. The molecule has 36 heavy (non-hydrogen) atoms. The van der Waals surface area contributed by atoms with E-state index in [4.69, 9.17) is 0 Å². The first-order chi connectivity index (χ1) is 17.5. The van der Waals surface area contributed by atoms with E-state index in [0.717, 1.165) is 32.2 Å². The predicted octanol–water partition coefficient (Wildman–Crippen LogP) is 7.85. The molecule has 0 amide bonds. The van der Waals surface area contributed by atoms with E-state index in [0.29, 0.717) is 11.1 Å². The fraction of sp³-hybridized carbons (Fsp3) is 0.0645. The van der Waals surface area contributed by atoms with Crippen molar-refractivity contribution in [1.29, 1.82) is 0 Å². The van der Waals surface area contributed by atoms with Gasteiger partial charge >= 0.3 is 0 Å². The van der Waals surface area contributed by atoms with Gasteiger partial charge in [-0.3, -0.25) is 14.5 Å². The first-order valence-corrected chi connectivity index (χ1v) is 12.5. The number of fused-ring (bicyclic) bond motifs is 2. The smallest absolute Gasteiger partial charge is 0.197 e. The summed E-state index contributed by atoms with van der Waals surface area (Å²) in [6.07, 6.45) is 3.40. The number of benzene rings is 4. The van der Waals surface area contributed by atoms with Gasteiger partial charge in [0.2, 0.25) is 0 Å². The summed E-state index contributed by atoms with van der Waals surface area (Å²) in [5.41, 5.74) is 5.46. The van der Waals surface area contributed by atoms with Gasteiger partial charge in [-0.2, -0.15) is 0 Å². The molecule has 1 heterocycles. The molecular formula is C31H22N2O2S. The fourth-order valence-electron chi connectivity index (χ4n) is 4.49. The van der Waals surface area contributed by atoms with Crippen molar-refractivity contribution in [3.05, 3.63) is 124 Å². The highest BCUT2D eigenvalue weighted by molar-refractivity contribution is 7.16. The molecule has 0 unspecified atom stereocenters. The first-order valence-electron chi connectivity index (χ1n) is 11.7. The third-order valence-corrected chi connectivity index (χ3v) is 7.37. The van der Waals surface area contributed by atoms with Crippen LogP contribution in [0.3, 0.4) is 0 Å². The number of hydrogen-bond donors (Lipinski definition) is 0. The van der Waals surface area contributed by atoms with Crippen molar-refractivity contribution < 1.29 is 9.59 Å². The fourth-order valence-corrected chi connectivity index (χ4v) is 5.39. The second-order valence-corrected chi connectivity index (χ2v) is 10.1. The highest BCUT2D eigenvalue weighted by Gasteiger charge is 2.33. The summed E-state index contributed by atoms with van der Waals surface area (Å²) in [5, 5.41) is 2.66. The topological polar surface area (TPSA) is 50.3 Å². The summed E-state index contributed by atoms with van der Waals surface area (Å²) in [6.45, 7) is 4.12. The molecule has 0 bridgehead atoms. The highest BCUT2D eigenvalue weighted by atomic mass is 32.1. The van der Waals surface area contributed by atoms with Crippen molar-refractivity contribution in [2.45, 2.75) is 13.8 Å². The number of hydrogen-bond acceptors (Lipinski definition) is 5. The summed E-state index contributed by atoms with van der Waals surface area (Å²) in [4.78, 5) is 33.9. The molecule has 0 spiro atoms. The van der Waals surface area contributed by atoms with Gasteiger partial charge in [-0.25, -0.2) is 4.98 Å². The highest BCUT2D eigenvalue weighted by Crippen LogP contribution is 2.38. The van der Waals surface area contributed by atoms with E-state index in [1.165, 1.54) is 22.5 Å². The van der Waals surface area contributed by atoms with Gasteiger partial charge in [0.1, 0.15) is 0 Å². The van der Waals surface area contributed by atoms with Crippen molar-refractivity contribution in [2.75, 3.05) is 4.90 Å². The molecule has 0 aliphatic heterocycles. The number of aromatic nitrogens is 1. The lowest BCUT2D eigenvalue weighted by molar-refractivity contribution is 0.0990. The van der Waals surface area contributed by atoms with Crippen LogP contribution in [0.2, 0.25) is 0 Å². The Balaban J connectivity index is 1.39. The van der Waals surface area contributed by atoms with Gasteiger partial charge < -0.3 is 0 Å². The van der Waals surface area contributed by atoms with Crippen molar-refractivity contribution in [2.24, 2.45) is 0 Å². The molecule has 0 fully saturated rings. The lowest BCUT2D eigenvalue weighted by atomic mass is 10.0. The van der Waals surface area contributed by atoms with Crippen LogP contribution in [0, 0.1) is 13.8 Å². The molecule has 6 rings (SSSR count). The van der Waals surface area contributed by atoms with Crippen LogP contribution < -0.4 is 4.90 Å². The van der Waals surface area contributed by atoms with Gasteiger partial charge in [0, 0.05) is 33.6 Å². The number of rotatable bonds is 4. The maximum atomic E-state index is 13.2. The SMILES string of the molecule is Cc1ccc(N(c2ccc(C)cc2)c2ncc(C=C3C(=O)c4cc5ccccc5cc4C3=O)s2)cc1. The van der Waals surface area contributed by atoms with E-state index >= 15 is 0 Å². The molecule has 0 N–H and O–H groups in total. The van der Waals surface area contributed by atoms with Gasteiger partial charge in [0.15, 0.2) is 16.7 Å². The van der Waals surface area contributed by atoms with E-state index in [1.807, 2.05) is 36.4 Å². The van der Waals surface area contributed by atoms with Crippen LogP contribution in [0.15, 0.2) is 96.7 Å². The van der Waals surface area contributed by atoms with Crippen LogP contribution in [0.5, 0.6) is 0 Å². The number of aryl methyl sites for hydroxylation is 2. The van der Waals surface area contributed by atoms with Crippen molar-refractivity contribution in [3.8, 4) is 0 Å². The van der Waals surface area contributed by atoms with Crippen molar-refractivity contribution >= 4 is 56.3 Å². The van der Waals surface area contributed by atoms with Gasteiger partial charge in [-0.1, -0.05) is 71.0 Å². The molecule has 5 heteroatoms. The summed E-state index contributed by atoms with van der Waals surface area (Å²) >= 11 is 1.45. The molecule has 0 radical (unpaired) electrons. The predicted molar refractivity (Wildman–Crippen MR) is 147 cm³/mol. The molecule has 4 nitrogen and oxygen atoms in total. The summed E-state index contributed by atoms with van der Waals surface area (Å²) in [6, 6.07) is 28.0. The summed E-state index contributed by atoms with van der Waals surface area (Å²) in [7, 11) is 0. The average molecular weight is 487 g/mol. The molecule has 0 saturated heterocycles. The Labute approximate surface area is 213 Å². The second-order valence-electron chi connectivity index (χ2n) is 9.01. The molecule has 0 atom stereocenters. The van der Waals surface area contributed by atoms with Crippen molar-refractivity contribution in [3.63, 3.8) is 0 Å². The normalized spacial score (nSPS) is 12.8. The van der Waals surface area contributed by atoms with Crippen LogP contribution in [-0.4, -0.2) is 16.6 Å². The number of anilines is 3.